The Morgan fingerprint density at radius 2 is 2.17 bits per heavy atom. The van der Waals surface area contributed by atoms with E-state index in [0.29, 0.717) is 0 Å². The van der Waals surface area contributed by atoms with Crippen LogP contribution in [-0.2, 0) is 0 Å². The van der Waals surface area contributed by atoms with E-state index in [2.05, 4.69) is 54.5 Å². The monoisotopic (exact) mass is 480 g/mol. The van der Waals surface area contributed by atoms with Crippen LogP contribution in [0.2, 0.25) is 0 Å². The number of aromatic amines is 2. The maximum Gasteiger partial charge on any atom is 0.138 e. The van der Waals surface area contributed by atoms with Crippen LogP contribution < -0.4 is 5.73 Å². The smallest absolute Gasteiger partial charge is 0.138 e. The molecule has 1 aliphatic heterocycles. The van der Waals surface area contributed by atoms with E-state index in [1.54, 1.807) is 17.4 Å². The SMILES string of the molecule is C=CC(=N/C(=C\C)c1ccc2[nH]nc(-c3cc4c(-c5ccsc5)ccnc4[nH]3)c2n1)N1CC(N)C1. The van der Waals surface area contributed by atoms with Gasteiger partial charge in [0, 0.05) is 30.7 Å². The number of H-pyrrole nitrogens is 2. The van der Waals surface area contributed by atoms with E-state index >= 15 is 0 Å². The van der Waals surface area contributed by atoms with Crippen molar-refractivity contribution in [3.05, 3.63) is 71.7 Å². The summed E-state index contributed by atoms with van der Waals surface area (Å²) in [6.45, 7) is 7.44. The number of likely N-dealkylation sites (tertiary alicyclic amines) is 1. The number of nitrogens with one attached hydrogen (secondary N) is 2. The molecular weight excluding hydrogens is 456 g/mol. The predicted molar refractivity (Wildman–Crippen MR) is 143 cm³/mol. The van der Waals surface area contributed by atoms with Gasteiger partial charge in [-0.05, 0) is 65.2 Å². The van der Waals surface area contributed by atoms with Gasteiger partial charge < -0.3 is 15.6 Å². The third-order valence-corrected chi connectivity index (χ3v) is 6.90. The first-order chi connectivity index (χ1) is 17.1. The zero-order chi connectivity index (χ0) is 23.9. The summed E-state index contributed by atoms with van der Waals surface area (Å²) >= 11 is 1.68. The van der Waals surface area contributed by atoms with Gasteiger partial charge in [-0.15, -0.1) is 0 Å². The highest BCUT2D eigenvalue weighted by molar-refractivity contribution is 7.08. The molecule has 0 aromatic carbocycles. The summed E-state index contributed by atoms with van der Waals surface area (Å²) in [4.78, 5) is 19.9. The third-order valence-electron chi connectivity index (χ3n) is 6.21. The lowest BCUT2D eigenvalue weighted by molar-refractivity contribution is 0.256. The number of amidine groups is 1. The van der Waals surface area contributed by atoms with E-state index in [-0.39, 0.29) is 6.04 Å². The average Bonchev–Trinajstić information content (AvgIpc) is 3.61. The molecule has 5 aromatic rings. The van der Waals surface area contributed by atoms with E-state index in [1.807, 2.05) is 37.4 Å². The fraction of sp³-hybridized carbons (Fsp3) is 0.154. The Kier molecular flexibility index (Phi) is 5.28. The van der Waals surface area contributed by atoms with Gasteiger partial charge in [0.2, 0.25) is 0 Å². The molecule has 8 nitrogen and oxygen atoms in total. The Bertz CT molecular complexity index is 1600. The van der Waals surface area contributed by atoms with Crippen molar-refractivity contribution in [2.24, 2.45) is 10.7 Å². The van der Waals surface area contributed by atoms with Gasteiger partial charge in [-0.3, -0.25) is 5.10 Å². The number of aromatic nitrogens is 5. The first kappa shape index (κ1) is 21.5. The first-order valence-electron chi connectivity index (χ1n) is 11.4. The summed E-state index contributed by atoms with van der Waals surface area (Å²) in [6.07, 6.45) is 5.55. The normalized spacial score (nSPS) is 15.2. The third kappa shape index (κ3) is 3.74. The minimum Gasteiger partial charge on any atom is -0.353 e. The molecule has 9 heteroatoms. The quantitative estimate of drug-likeness (QED) is 0.247. The molecule has 35 heavy (non-hydrogen) atoms. The summed E-state index contributed by atoms with van der Waals surface area (Å²) in [6, 6.07) is 10.4. The van der Waals surface area contributed by atoms with Gasteiger partial charge in [0.25, 0.3) is 0 Å². The predicted octanol–water partition coefficient (Wildman–Crippen LogP) is 4.82. The summed E-state index contributed by atoms with van der Waals surface area (Å²) < 4.78 is 0. The fourth-order valence-corrected chi connectivity index (χ4v) is 5.05. The van der Waals surface area contributed by atoms with E-state index in [4.69, 9.17) is 15.7 Å². The molecule has 4 N–H and O–H groups in total. The van der Waals surface area contributed by atoms with Crippen LogP contribution in [0.15, 0.2) is 71.0 Å². The Morgan fingerprint density at radius 1 is 1.29 bits per heavy atom. The summed E-state index contributed by atoms with van der Waals surface area (Å²) in [5.74, 6) is 0.803. The molecule has 6 rings (SSSR count). The van der Waals surface area contributed by atoms with Crippen LogP contribution >= 0.6 is 11.3 Å². The molecule has 0 saturated carbocycles. The number of hydrogen-bond acceptors (Lipinski definition) is 6. The molecular formula is C26H24N8S. The zero-order valence-corrected chi connectivity index (χ0v) is 20.0. The Morgan fingerprint density at radius 3 is 2.91 bits per heavy atom. The standard InChI is InChI=1S/C26H24N8S/c1-3-19(29-23(4-2)34-12-16(27)13-34)20-5-6-21-24(30-20)25(33-32-21)22-11-18-17(15-8-10-35-14-15)7-9-28-26(18)31-22/h3-11,14,16H,2,12-13,27H2,1H3,(H,28,31)(H,32,33)/b19-3-,29-23?. The van der Waals surface area contributed by atoms with Gasteiger partial charge in [0.15, 0.2) is 0 Å². The van der Waals surface area contributed by atoms with Gasteiger partial charge in [-0.2, -0.15) is 16.4 Å². The van der Waals surface area contributed by atoms with Crippen LogP contribution in [0.1, 0.15) is 12.6 Å². The number of allylic oxidation sites excluding steroid dienone is 1. The Balaban J connectivity index is 1.41. The Labute approximate surface area is 205 Å². The lowest BCUT2D eigenvalue weighted by atomic mass is 10.1. The van der Waals surface area contributed by atoms with Crippen LogP contribution in [0.5, 0.6) is 0 Å². The number of thiophene rings is 1. The van der Waals surface area contributed by atoms with Gasteiger partial charge in [-0.1, -0.05) is 12.7 Å². The molecule has 0 spiro atoms. The summed E-state index contributed by atoms with van der Waals surface area (Å²) in [7, 11) is 0. The number of rotatable bonds is 5. The van der Waals surface area contributed by atoms with E-state index in [9.17, 15) is 0 Å². The molecule has 1 fully saturated rings. The van der Waals surface area contributed by atoms with Crippen molar-refractivity contribution in [2.45, 2.75) is 13.0 Å². The van der Waals surface area contributed by atoms with E-state index in [1.165, 1.54) is 5.56 Å². The topological polar surface area (TPSA) is 112 Å². The fourth-order valence-electron chi connectivity index (χ4n) is 4.39. The van der Waals surface area contributed by atoms with Crippen molar-refractivity contribution in [2.75, 3.05) is 13.1 Å². The lowest BCUT2D eigenvalue weighted by Crippen LogP contribution is -2.57. The zero-order valence-electron chi connectivity index (χ0n) is 19.2. The maximum atomic E-state index is 5.95. The summed E-state index contributed by atoms with van der Waals surface area (Å²) in [5.41, 5.74) is 13.8. The van der Waals surface area contributed by atoms with Crippen molar-refractivity contribution >= 4 is 44.9 Å². The second-order valence-electron chi connectivity index (χ2n) is 8.49. The number of nitrogens with two attached hydrogens (primary N) is 1. The minimum atomic E-state index is 0.184. The van der Waals surface area contributed by atoms with Gasteiger partial charge in [-0.25, -0.2) is 15.0 Å². The van der Waals surface area contributed by atoms with Crippen LogP contribution in [0.4, 0.5) is 0 Å². The largest absolute Gasteiger partial charge is 0.353 e. The van der Waals surface area contributed by atoms with E-state index < -0.39 is 0 Å². The second kappa shape index (κ2) is 8.61. The average molecular weight is 481 g/mol. The molecule has 174 valence electrons. The van der Waals surface area contributed by atoms with Gasteiger partial charge >= 0.3 is 0 Å². The van der Waals surface area contributed by atoms with E-state index in [0.717, 1.165) is 69.3 Å². The molecule has 0 aliphatic carbocycles. The number of fused-ring (bicyclic) bond motifs is 2. The summed E-state index contributed by atoms with van der Waals surface area (Å²) in [5, 5.41) is 13.0. The van der Waals surface area contributed by atoms with Gasteiger partial charge in [0.1, 0.15) is 22.7 Å². The number of hydrogen-bond donors (Lipinski definition) is 3. The molecule has 5 aromatic heterocycles. The molecule has 0 amide bonds. The second-order valence-corrected chi connectivity index (χ2v) is 9.27. The minimum absolute atomic E-state index is 0.184. The Hall–Kier alpha value is -4.08. The highest BCUT2D eigenvalue weighted by Crippen LogP contribution is 2.33. The molecule has 1 aliphatic rings. The molecule has 6 heterocycles. The van der Waals surface area contributed by atoms with Gasteiger partial charge in [0.05, 0.1) is 22.6 Å². The highest BCUT2D eigenvalue weighted by atomic mass is 32.1. The van der Waals surface area contributed by atoms with Crippen molar-refractivity contribution in [3.63, 3.8) is 0 Å². The molecule has 1 saturated heterocycles. The molecule has 0 bridgehead atoms. The molecule has 0 unspecified atom stereocenters. The highest BCUT2D eigenvalue weighted by Gasteiger charge is 2.25. The van der Waals surface area contributed by atoms with Crippen molar-refractivity contribution in [1.29, 1.82) is 0 Å². The number of aliphatic imine (C=N–C) groups is 1. The van der Waals surface area contributed by atoms with Crippen molar-refractivity contribution < 1.29 is 0 Å². The first-order valence-corrected chi connectivity index (χ1v) is 12.3. The van der Waals surface area contributed by atoms with Crippen LogP contribution in [-0.4, -0.2) is 55.0 Å². The number of nitrogens with zero attached hydrogens (tertiary/aromatic N) is 5. The maximum absolute atomic E-state index is 5.95. The van der Waals surface area contributed by atoms with Crippen molar-refractivity contribution in [3.8, 4) is 22.5 Å². The number of pyridine rings is 2. The van der Waals surface area contributed by atoms with Crippen LogP contribution in [0.3, 0.4) is 0 Å². The molecule has 0 atom stereocenters. The van der Waals surface area contributed by atoms with Crippen LogP contribution in [0.25, 0.3) is 50.3 Å². The lowest BCUT2D eigenvalue weighted by Gasteiger charge is -2.38. The molecule has 0 radical (unpaired) electrons. The van der Waals surface area contributed by atoms with Crippen molar-refractivity contribution in [1.82, 2.24) is 30.0 Å². The van der Waals surface area contributed by atoms with Crippen LogP contribution in [0, 0.1) is 0 Å².